The number of amides is 2. The van der Waals surface area contributed by atoms with Crippen molar-refractivity contribution in [2.24, 2.45) is 5.92 Å². The summed E-state index contributed by atoms with van der Waals surface area (Å²) in [7, 11) is 0. The maximum atomic E-state index is 12.4. The molecule has 0 saturated carbocycles. The van der Waals surface area contributed by atoms with Crippen molar-refractivity contribution < 1.29 is 14.3 Å². The Morgan fingerprint density at radius 3 is 2.63 bits per heavy atom. The molecule has 1 heterocycles. The molecule has 0 aliphatic carbocycles. The number of aromatic nitrogens is 2. The predicted molar refractivity (Wildman–Crippen MR) is 105 cm³/mol. The van der Waals surface area contributed by atoms with Crippen LogP contribution in [-0.2, 0) is 9.59 Å². The second-order valence-corrected chi connectivity index (χ2v) is 7.08. The molecule has 7 nitrogen and oxygen atoms in total. The maximum Gasteiger partial charge on any atom is 0.248 e. The Labute approximate surface area is 159 Å². The molecule has 2 aromatic rings. The number of carbonyl (C=O) groups excluding carboxylic acids is 2. The minimum Gasteiger partial charge on any atom is -0.493 e. The van der Waals surface area contributed by atoms with Crippen LogP contribution >= 0.6 is 0 Å². The standard InChI is InChI=1S/C20H28N4O3/c1-13(2)11-16(20(26)23-18-7-9-21-24-18)22-19(25)8-10-27-17-6-5-14(3)12-15(17)4/h5-7,9,12-13,16H,8,10-11H2,1-4H3,(H,22,25)(H2,21,23,24,26). The van der Waals surface area contributed by atoms with E-state index < -0.39 is 6.04 Å². The molecule has 2 amide bonds. The average Bonchev–Trinajstić information content (AvgIpc) is 3.08. The van der Waals surface area contributed by atoms with Gasteiger partial charge in [0.1, 0.15) is 17.6 Å². The summed E-state index contributed by atoms with van der Waals surface area (Å²) in [4.78, 5) is 24.7. The number of hydrogen-bond acceptors (Lipinski definition) is 4. The molecule has 1 aromatic carbocycles. The van der Waals surface area contributed by atoms with Gasteiger partial charge in [-0.3, -0.25) is 14.7 Å². The summed E-state index contributed by atoms with van der Waals surface area (Å²) >= 11 is 0. The van der Waals surface area contributed by atoms with Gasteiger partial charge in [-0.1, -0.05) is 31.5 Å². The van der Waals surface area contributed by atoms with Crippen molar-refractivity contribution in [2.75, 3.05) is 11.9 Å². The number of benzene rings is 1. The van der Waals surface area contributed by atoms with E-state index in [1.54, 1.807) is 12.3 Å². The van der Waals surface area contributed by atoms with Gasteiger partial charge in [0.05, 0.1) is 19.2 Å². The van der Waals surface area contributed by atoms with Crippen LogP contribution in [0.25, 0.3) is 0 Å². The lowest BCUT2D eigenvalue weighted by Crippen LogP contribution is -2.45. The van der Waals surface area contributed by atoms with Crippen LogP contribution in [0.15, 0.2) is 30.5 Å². The lowest BCUT2D eigenvalue weighted by Gasteiger charge is -2.20. The number of aromatic amines is 1. The molecule has 1 aromatic heterocycles. The van der Waals surface area contributed by atoms with Gasteiger partial charge in [0.15, 0.2) is 0 Å². The Hall–Kier alpha value is -2.83. The Bertz CT molecular complexity index is 757. The van der Waals surface area contributed by atoms with Crippen molar-refractivity contribution in [3.8, 4) is 5.75 Å². The van der Waals surface area contributed by atoms with Gasteiger partial charge in [-0.2, -0.15) is 5.10 Å². The predicted octanol–water partition coefficient (Wildman–Crippen LogP) is 2.97. The molecule has 7 heteroatoms. The molecule has 0 radical (unpaired) electrons. The molecule has 1 unspecified atom stereocenters. The fraction of sp³-hybridized carbons (Fsp3) is 0.450. The van der Waals surface area contributed by atoms with Gasteiger partial charge in [0.2, 0.25) is 11.8 Å². The largest absolute Gasteiger partial charge is 0.493 e. The van der Waals surface area contributed by atoms with Crippen molar-refractivity contribution >= 4 is 17.6 Å². The van der Waals surface area contributed by atoms with Crippen LogP contribution < -0.4 is 15.4 Å². The van der Waals surface area contributed by atoms with E-state index in [0.29, 0.717) is 12.2 Å². The summed E-state index contributed by atoms with van der Waals surface area (Å²) in [6, 6.07) is 6.96. The second kappa shape index (κ2) is 9.75. The van der Waals surface area contributed by atoms with E-state index in [4.69, 9.17) is 4.74 Å². The normalized spacial score (nSPS) is 11.9. The molecular weight excluding hydrogens is 344 g/mol. The summed E-state index contributed by atoms with van der Waals surface area (Å²) < 4.78 is 5.70. The number of aryl methyl sites for hydroxylation is 2. The van der Waals surface area contributed by atoms with Crippen molar-refractivity contribution in [1.82, 2.24) is 15.5 Å². The SMILES string of the molecule is Cc1ccc(OCCC(=O)NC(CC(C)C)C(=O)Nc2ccn[nH]2)c(C)c1. The van der Waals surface area contributed by atoms with E-state index in [2.05, 4.69) is 20.8 Å². The summed E-state index contributed by atoms with van der Waals surface area (Å²) in [5, 5.41) is 12.0. The smallest absolute Gasteiger partial charge is 0.248 e. The molecule has 27 heavy (non-hydrogen) atoms. The van der Waals surface area contributed by atoms with E-state index in [1.807, 2.05) is 45.9 Å². The summed E-state index contributed by atoms with van der Waals surface area (Å²) in [5.41, 5.74) is 2.20. The number of nitrogens with one attached hydrogen (secondary N) is 3. The molecule has 0 aliphatic heterocycles. The minimum absolute atomic E-state index is 0.180. The third-order valence-corrected chi connectivity index (χ3v) is 4.03. The third kappa shape index (κ3) is 6.77. The molecule has 2 rings (SSSR count). The summed E-state index contributed by atoms with van der Waals surface area (Å²) in [6.45, 7) is 8.26. The average molecular weight is 372 g/mol. The molecule has 3 N–H and O–H groups in total. The van der Waals surface area contributed by atoms with Gasteiger partial charge < -0.3 is 15.4 Å². The lowest BCUT2D eigenvalue weighted by molar-refractivity contribution is -0.127. The van der Waals surface area contributed by atoms with Crippen LogP contribution in [0.4, 0.5) is 5.82 Å². The number of rotatable bonds is 9. The van der Waals surface area contributed by atoms with Crippen LogP contribution in [-0.4, -0.2) is 34.7 Å². The monoisotopic (exact) mass is 372 g/mol. The first-order valence-electron chi connectivity index (χ1n) is 9.14. The highest BCUT2D eigenvalue weighted by molar-refractivity contribution is 5.96. The highest BCUT2D eigenvalue weighted by Crippen LogP contribution is 2.18. The number of nitrogens with zero attached hydrogens (tertiary/aromatic N) is 1. The highest BCUT2D eigenvalue weighted by Gasteiger charge is 2.22. The summed E-state index contributed by atoms with van der Waals surface area (Å²) in [5.74, 6) is 1.04. The fourth-order valence-corrected chi connectivity index (χ4v) is 2.73. The first kappa shape index (κ1) is 20.5. The Morgan fingerprint density at radius 1 is 1.22 bits per heavy atom. The lowest BCUT2D eigenvalue weighted by atomic mass is 10.0. The topological polar surface area (TPSA) is 96.1 Å². The van der Waals surface area contributed by atoms with Crippen molar-refractivity contribution in [3.63, 3.8) is 0 Å². The van der Waals surface area contributed by atoms with Crippen LogP contribution in [0.5, 0.6) is 5.75 Å². The molecular formula is C20H28N4O3. The molecule has 0 saturated heterocycles. The van der Waals surface area contributed by atoms with Crippen molar-refractivity contribution in [2.45, 2.75) is 46.6 Å². The molecule has 0 aliphatic rings. The van der Waals surface area contributed by atoms with Crippen LogP contribution in [0, 0.1) is 19.8 Å². The van der Waals surface area contributed by atoms with Crippen LogP contribution in [0.2, 0.25) is 0 Å². The summed E-state index contributed by atoms with van der Waals surface area (Å²) in [6.07, 6.45) is 2.28. The van der Waals surface area contributed by atoms with Crippen LogP contribution in [0.3, 0.4) is 0 Å². The van der Waals surface area contributed by atoms with Gasteiger partial charge in [0.25, 0.3) is 0 Å². The number of carbonyl (C=O) groups is 2. The van der Waals surface area contributed by atoms with E-state index in [0.717, 1.165) is 16.9 Å². The van der Waals surface area contributed by atoms with Gasteiger partial charge in [-0.05, 0) is 37.8 Å². The Morgan fingerprint density at radius 2 is 2.00 bits per heavy atom. The number of hydrogen-bond donors (Lipinski definition) is 3. The van der Waals surface area contributed by atoms with E-state index in [1.165, 1.54) is 0 Å². The van der Waals surface area contributed by atoms with E-state index in [9.17, 15) is 9.59 Å². The zero-order valence-corrected chi connectivity index (χ0v) is 16.3. The quantitative estimate of drug-likeness (QED) is 0.630. The third-order valence-electron chi connectivity index (χ3n) is 4.03. The zero-order chi connectivity index (χ0) is 19.8. The minimum atomic E-state index is -0.609. The first-order chi connectivity index (χ1) is 12.8. The highest BCUT2D eigenvalue weighted by atomic mass is 16.5. The zero-order valence-electron chi connectivity index (χ0n) is 16.3. The van der Waals surface area contributed by atoms with Crippen LogP contribution in [0.1, 0.15) is 37.8 Å². The molecule has 0 spiro atoms. The molecule has 0 bridgehead atoms. The Kier molecular flexibility index (Phi) is 7.40. The van der Waals surface area contributed by atoms with E-state index in [-0.39, 0.29) is 30.8 Å². The van der Waals surface area contributed by atoms with Gasteiger partial charge in [-0.15, -0.1) is 0 Å². The number of ether oxygens (including phenoxy) is 1. The first-order valence-corrected chi connectivity index (χ1v) is 9.14. The Balaban J connectivity index is 1.86. The van der Waals surface area contributed by atoms with E-state index >= 15 is 0 Å². The van der Waals surface area contributed by atoms with Crippen molar-refractivity contribution in [3.05, 3.63) is 41.6 Å². The second-order valence-electron chi connectivity index (χ2n) is 7.08. The maximum absolute atomic E-state index is 12.4. The van der Waals surface area contributed by atoms with Gasteiger partial charge >= 0.3 is 0 Å². The van der Waals surface area contributed by atoms with Gasteiger partial charge in [-0.25, -0.2) is 0 Å². The number of anilines is 1. The van der Waals surface area contributed by atoms with Crippen molar-refractivity contribution in [1.29, 1.82) is 0 Å². The molecule has 0 fully saturated rings. The molecule has 1 atom stereocenters. The number of H-pyrrole nitrogens is 1. The fourth-order valence-electron chi connectivity index (χ4n) is 2.73. The van der Waals surface area contributed by atoms with Gasteiger partial charge in [0, 0.05) is 6.07 Å². The molecule has 146 valence electrons.